The molecule has 1 heterocycles. The van der Waals surface area contributed by atoms with Gasteiger partial charge in [0.05, 0.1) is 6.61 Å². The van der Waals surface area contributed by atoms with Crippen molar-refractivity contribution in [3.05, 3.63) is 10.0 Å². The summed E-state index contributed by atoms with van der Waals surface area (Å²) in [7, 11) is 0. The number of aliphatic hydroxyl groups excluding tert-OH is 1. The predicted molar refractivity (Wildman–Crippen MR) is 55.4 cm³/mol. The van der Waals surface area contributed by atoms with E-state index in [-0.39, 0.29) is 6.61 Å². The number of halogens is 1. The van der Waals surface area contributed by atoms with Gasteiger partial charge in [0.1, 0.15) is 10.0 Å². The minimum absolute atomic E-state index is 0.186. The highest BCUT2D eigenvalue weighted by atomic mass is 35.5. The molecule has 0 amide bonds. The molecule has 0 aliphatic heterocycles. The number of hydrogen-bond donors (Lipinski definition) is 1. The Morgan fingerprint density at radius 2 is 2.36 bits per heavy atom. The highest BCUT2D eigenvalue weighted by Gasteiger charge is 2.29. The van der Waals surface area contributed by atoms with E-state index in [4.69, 9.17) is 16.7 Å². The molecule has 0 radical (unpaired) electrons. The van der Waals surface area contributed by atoms with Gasteiger partial charge in [0.2, 0.25) is 0 Å². The summed E-state index contributed by atoms with van der Waals surface area (Å²) in [5, 5.41) is 12.9. The fraction of sp³-hybridized carbons (Fsp3) is 0.750. The lowest BCUT2D eigenvalue weighted by atomic mass is 10.4. The van der Waals surface area contributed by atoms with E-state index in [1.165, 1.54) is 24.4 Å². The van der Waals surface area contributed by atoms with Crippen LogP contribution in [0.2, 0.25) is 4.34 Å². The first-order valence-electron chi connectivity index (χ1n) is 4.63. The number of rotatable bonds is 5. The lowest BCUT2D eigenvalue weighted by Crippen LogP contribution is -2.28. The molecule has 78 valence electrons. The van der Waals surface area contributed by atoms with Crippen molar-refractivity contribution in [1.29, 1.82) is 0 Å². The molecule has 1 aromatic rings. The number of hydrogen-bond acceptors (Lipinski definition) is 5. The first-order valence-corrected chi connectivity index (χ1v) is 5.78. The van der Waals surface area contributed by atoms with Gasteiger partial charge >= 0.3 is 0 Å². The average molecular weight is 234 g/mol. The molecular weight excluding hydrogens is 222 g/mol. The molecule has 1 aliphatic rings. The lowest BCUT2D eigenvalue weighted by Gasteiger charge is -2.19. The van der Waals surface area contributed by atoms with Crippen LogP contribution in [0, 0.1) is 0 Å². The lowest BCUT2D eigenvalue weighted by molar-refractivity contribution is 0.182. The normalized spacial score (nSPS) is 16.5. The van der Waals surface area contributed by atoms with Gasteiger partial charge in [0.25, 0.3) is 0 Å². The molecule has 0 unspecified atom stereocenters. The Balaban J connectivity index is 1.96. The Labute approximate surface area is 91.7 Å². The SMILES string of the molecule is OCCN(Cc1nnsc1Cl)C1CC1. The summed E-state index contributed by atoms with van der Waals surface area (Å²) >= 11 is 7.13. The molecule has 1 N–H and O–H groups in total. The molecule has 1 aliphatic carbocycles. The van der Waals surface area contributed by atoms with Crippen LogP contribution < -0.4 is 0 Å². The number of aromatic nitrogens is 2. The molecule has 1 aromatic heterocycles. The standard InChI is InChI=1S/C8H12ClN3OS/c9-8-7(10-11-14-8)5-12(3-4-13)6-1-2-6/h6,13H,1-5H2. The van der Waals surface area contributed by atoms with Gasteiger partial charge < -0.3 is 5.11 Å². The molecule has 1 saturated carbocycles. The second kappa shape index (κ2) is 4.53. The fourth-order valence-electron chi connectivity index (χ4n) is 1.44. The molecule has 0 saturated heterocycles. The first-order chi connectivity index (χ1) is 6.81. The average Bonchev–Trinajstić information content (AvgIpc) is 2.93. The van der Waals surface area contributed by atoms with E-state index < -0.39 is 0 Å². The van der Waals surface area contributed by atoms with E-state index in [1.807, 2.05) is 0 Å². The Morgan fingerprint density at radius 1 is 1.57 bits per heavy atom. The topological polar surface area (TPSA) is 49.2 Å². The minimum atomic E-state index is 0.186. The third-order valence-electron chi connectivity index (χ3n) is 2.31. The summed E-state index contributed by atoms with van der Waals surface area (Å²) in [6.07, 6.45) is 2.43. The molecular formula is C8H12ClN3OS. The van der Waals surface area contributed by atoms with Crippen molar-refractivity contribution in [2.75, 3.05) is 13.2 Å². The summed E-state index contributed by atoms with van der Waals surface area (Å²) in [5.41, 5.74) is 0.831. The second-order valence-electron chi connectivity index (χ2n) is 3.42. The smallest absolute Gasteiger partial charge is 0.138 e. The first kappa shape index (κ1) is 10.3. The number of aliphatic hydroxyl groups is 1. The van der Waals surface area contributed by atoms with Crippen LogP contribution in [0.1, 0.15) is 18.5 Å². The third-order valence-corrected chi connectivity index (χ3v) is 3.30. The van der Waals surface area contributed by atoms with Crippen LogP contribution in [0.4, 0.5) is 0 Å². The van der Waals surface area contributed by atoms with Crippen LogP contribution in [0.15, 0.2) is 0 Å². The van der Waals surface area contributed by atoms with Crippen molar-refractivity contribution in [2.24, 2.45) is 0 Å². The molecule has 14 heavy (non-hydrogen) atoms. The van der Waals surface area contributed by atoms with Crippen LogP contribution >= 0.6 is 23.1 Å². The molecule has 4 nitrogen and oxygen atoms in total. The van der Waals surface area contributed by atoms with Crippen LogP contribution in [0.5, 0.6) is 0 Å². The van der Waals surface area contributed by atoms with Crippen molar-refractivity contribution in [1.82, 2.24) is 14.5 Å². The van der Waals surface area contributed by atoms with E-state index in [1.54, 1.807) is 0 Å². The van der Waals surface area contributed by atoms with Gasteiger partial charge in [-0.1, -0.05) is 16.1 Å². The molecule has 0 spiro atoms. The zero-order valence-corrected chi connectivity index (χ0v) is 9.26. The van der Waals surface area contributed by atoms with Crippen LogP contribution in [0.3, 0.4) is 0 Å². The molecule has 0 bridgehead atoms. The van der Waals surface area contributed by atoms with E-state index in [0.717, 1.165) is 5.69 Å². The van der Waals surface area contributed by atoms with Gasteiger partial charge in [0.15, 0.2) is 0 Å². The van der Waals surface area contributed by atoms with Gasteiger partial charge in [0, 0.05) is 30.7 Å². The van der Waals surface area contributed by atoms with E-state index in [2.05, 4.69) is 14.5 Å². The largest absolute Gasteiger partial charge is 0.395 e. The van der Waals surface area contributed by atoms with Crippen molar-refractivity contribution >= 4 is 23.1 Å². The highest BCUT2D eigenvalue weighted by Crippen LogP contribution is 2.29. The summed E-state index contributed by atoms with van der Waals surface area (Å²) in [4.78, 5) is 2.21. The Kier molecular flexibility index (Phi) is 3.33. The van der Waals surface area contributed by atoms with E-state index in [0.29, 0.717) is 23.5 Å². The van der Waals surface area contributed by atoms with E-state index >= 15 is 0 Å². The molecule has 0 atom stereocenters. The minimum Gasteiger partial charge on any atom is -0.395 e. The van der Waals surface area contributed by atoms with Gasteiger partial charge in [-0.3, -0.25) is 4.90 Å². The van der Waals surface area contributed by atoms with Gasteiger partial charge in [-0.2, -0.15) is 0 Å². The quantitative estimate of drug-likeness (QED) is 0.829. The van der Waals surface area contributed by atoms with Gasteiger partial charge in [-0.25, -0.2) is 0 Å². The monoisotopic (exact) mass is 233 g/mol. The second-order valence-corrected chi connectivity index (χ2v) is 4.77. The zero-order chi connectivity index (χ0) is 9.97. The summed E-state index contributed by atoms with van der Waals surface area (Å²) in [6, 6.07) is 0.611. The maximum Gasteiger partial charge on any atom is 0.138 e. The van der Waals surface area contributed by atoms with E-state index in [9.17, 15) is 0 Å². The molecule has 6 heteroatoms. The van der Waals surface area contributed by atoms with Crippen molar-refractivity contribution in [3.63, 3.8) is 0 Å². The summed E-state index contributed by atoms with van der Waals surface area (Å²) in [6.45, 7) is 1.59. The zero-order valence-electron chi connectivity index (χ0n) is 7.69. The maximum absolute atomic E-state index is 8.90. The third kappa shape index (κ3) is 2.42. The summed E-state index contributed by atoms with van der Waals surface area (Å²) in [5.74, 6) is 0. The molecule has 1 fully saturated rings. The highest BCUT2D eigenvalue weighted by molar-refractivity contribution is 7.10. The van der Waals surface area contributed by atoms with Crippen LogP contribution in [-0.2, 0) is 6.54 Å². The molecule has 2 rings (SSSR count). The Morgan fingerprint density at radius 3 is 2.86 bits per heavy atom. The van der Waals surface area contributed by atoms with Gasteiger partial charge in [-0.05, 0) is 12.8 Å². The fourth-order valence-corrected chi connectivity index (χ4v) is 2.05. The maximum atomic E-state index is 8.90. The Hall–Kier alpha value is -0.230. The van der Waals surface area contributed by atoms with Crippen LogP contribution in [0.25, 0.3) is 0 Å². The number of nitrogens with zero attached hydrogens (tertiary/aromatic N) is 3. The predicted octanol–water partition coefficient (Wildman–Crippen LogP) is 1.15. The summed E-state index contributed by atoms with van der Waals surface area (Å²) < 4.78 is 4.45. The van der Waals surface area contributed by atoms with Gasteiger partial charge in [-0.15, -0.1) is 5.10 Å². The van der Waals surface area contributed by atoms with Crippen LogP contribution in [-0.4, -0.2) is 38.8 Å². The van der Waals surface area contributed by atoms with Crippen molar-refractivity contribution < 1.29 is 5.11 Å². The Bertz CT molecular complexity index is 303. The molecule has 0 aromatic carbocycles. The van der Waals surface area contributed by atoms with Crippen molar-refractivity contribution in [3.8, 4) is 0 Å². The van der Waals surface area contributed by atoms with Crippen molar-refractivity contribution in [2.45, 2.75) is 25.4 Å².